The molecule has 0 aliphatic rings. The third kappa shape index (κ3) is 5.72. The molecule has 1 N–H and O–H groups in total. The molecule has 3 aromatic rings. The average Bonchev–Trinajstić information content (AvgIpc) is 2.99. The first-order valence-electron chi connectivity index (χ1n) is 10.5. The Morgan fingerprint density at radius 3 is 2.40 bits per heavy atom. The molecule has 0 radical (unpaired) electrons. The highest BCUT2D eigenvalue weighted by atomic mass is 16.5. The van der Waals surface area contributed by atoms with Gasteiger partial charge in [-0.05, 0) is 43.0 Å². The first-order valence-corrected chi connectivity index (χ1v) is 10.5. The summed E-state index contributed by atoms with van der Waals surface area (Å²) < 4.78 is 7.89. The summed E-state index contributed by atoms with van der Waals surface area (Å²) in [5.74, 6) is 1.35. The molecule has 158 valence electrons. The van der Waals surface area contributed by atoms with Crippen LogP contribution in [-0.2, 0) is 30.9 Å². The molecule has 3 rings (SSSR count). The van der Waals surface area contributed by atoms with Crippen LogP contribution in [0.5, 0.6) is 5.75 Å². The highest BCUT2D eigenvalue weighted by Crippen LogP contribution is 2.17. The van der Waals surface area contributed by atoms with Gasteiger partial charge in [0.15, 0.2) is 0 Å². The number of benzene rings is 2. The van der Waals surface area contributed by atoms with Gasteiger partial charge in [0, 0.05) is 24.3 Å². The second-order valence-electron chi connectivity index (χ2n) is 8.05. The summed E-state index contributed by atoms with van der Waals surface area (Å²) >= 11 is 0. The summed E-state index contributed by atoms with van der Waals surface area (Å²) in [6.07, 6.45) is 0.346. The van der Waals surface area contributed by atoms with Crippen LogP contribution in [0.2, 0.25) is 0 Å². The van der Waals surface area contributed by atoms with Crippen molar-refractivity contribution in [3.05, 3.63) is 82.7 Å². The van der Waals surface area contributed by atoms with Crippen molar-refractivity contribution in [3.63, 3.8) is 0 Å². The van der Waals surface area contributed by atoms with Crippen LogP contribution < -0.4 is 10.1 Å². The first-order chi connectivity index (χ1) is 14.4. The lowest BCUT2D eigenvalue weighted by Crippen LogP contribution is -2.25. The molecular formula is C25H31N3O2. The van der Waals surface area contributed by atoms with Gasteiger partial charge in [-0.3, -0.25) is 9.48 Å². The van der Waals surface area contributed by atoms with E-state index >= 15 is 0 Å². The van der Waals surface area contributed by atoms with Crippen molar-refractivity contribution in [1.82, 2.24) is 15.1 Å². The van der Waals surface area contributed by atoms with Crippen molar-refractivity contribution in [2.24, 2.45) is 5.92 Å². The van der Waals surface area contributed by atoms with Crippen molar-refractivity contribution < 1.29 is 9.53 Å². The van der Waals surface area contributed by atoms with Crippen molar-refractivity contribution in [3.8, 4) is 5.75 Å². The van der Waals surface area contributed by atoms with Crippen molar-refractivity contribution in [2.45, 2.75) is 53.8 Å². The SMILES string of the molecule is Cc1nn(CC(C)C)c(C)c1CC(=O)NCc1ccccc1COc1ccccc1. The number of amides is 1. The normalized spacial score (nSPS) is 11.0. The summed E-state index contributed by atoms with van der Waals surface area (Å²) in [7, 11) is 0. The number of para-hydroxylation sites is 1. The molecule has 5 nitrogen and oxygen atoms in total. The predicted molar refractivity (Wildman–Crippen MR) is 119 cm³/mol. The molecule has 0 fully saturated rings. The van der Waals surface area contributed by atoms with E-state index in [4.69, 9.17) is 4.74 Å². The monoisotopic (exact) mass is 405 g/mol. The van der Waals surface area contributed by atoms with Gasteiger partial charge < -0.3 is 10.1 Å². The van der Waals surface area contributed by atoms with Crippen LogP contribution in [0, 0.1) is 19.8 Å². The number of aryl methyl sites for hydroxylation is 1. The molecule has 0 unspecified atom stereocenters. The first kappa shape index (κ1) is 21.6. The van der Waals surface area contributed by atoms with Crippen molar-refractivity contribution >= 4 is 5.91 Å². The van der Waals surface area contributed by atoms with Gasteiger partial charge in [-0.15, -0.1) is 0 Å². The minimum atomic E-state index is 0.00378. The van der Waals surface area contributed by atoms with Crippen LogP contribution >= 0.6 is 0 Å². The number of nitrogens with zero attached hydrogens (tertiary/aromatic N) is 2. The molecule has 0 spiro atoms. The molecule has 1 aromatic heterocycles. The van der Waals surface area contributed by atoms with Gasteiger partial charge in [-0.2, -0.15) is 5.10 Å². The summed E-state index contributed by atoms with van der Waals surface area (Å²) in [5, 5.41) is 7.67. The number of aromatic nitrogens is 2. The Morgan fingerprint density at radius 1 is 1.03 bits per heavy atom. The molecule has 5 heteroatoms. The standard InChI is InChI=1S/C25H31N3O2/c1-18(2)16-28-20(4)24(19(3)27-28)14-25(29)26-15-21-10-8-9-11-22(21)17-30-23-12-6-5-7-13-23/h5-13,18H,14-17H2,1-4H3,(H,26,29). The van der Waals surface area contributed by atoms with E-state index in [-0.39, 0.29) is 5.91 Å². The van der Waals surface area contributed by atoms with Gasteiger partial charge in [-0.25, -0.2) is 0 Å². The second-order valence-corrected chi connectivity index (χ2v) is 8.05. The number of carbonyl (C=O) groups excluding carboxylic acids is 1. The Kier molecular flexibility index (Phi) is 7.28. The number of rotatable bonds is 9. The molecule has 1 heterocycles. The van der Waals surface area contributed by atoms with Crippen LogP contribution in [0.25, 0.3) is 0 Å². The maximum absolute atomic E-state index is 12.6. The van der Waals surface area contributed by atoms with Crippen LogP contribution in [0.1, 0.15) is 41.9 Å². The average molecular weight is 406 g/mol. The lowest BCUT2D eigenvalue weighted by Gasteiger charge is -2.12. The summed E-state index contributed by atoms with van der Waals surface area (Å²) in [6, 6.07) is 17.8. The van der Waals surface area contributed by atoms with Gasteiger partial charge in [0.1, 0.15) is 12.4 Å². The maximum atomic E-state index is 12.6. The van der Waals surface area contributed by atoms with E-state index < -0.39 is 0 Å². The molecule has 2 aromatic carbocycles. The molecule has 1 amide bonds. The van der Waals surface area contributed by atoms with Crippen LogP contribution in [0.15, 0.2) is 54.6 Å². The molecule has 30 heavy (non-hydrogen) atoms. The van der Waals surface area contributed by atoms with E-state index in [9.17, 15) is 4.79 Å². The number of carbonyl (C=O) groups is 1. The zero-order valence-electron chi connectivity index (χ0n) is 18.3. The Morgan fingerprint density at radius 2 is 1.70 bits per heavy atom. The van der Waals surface area contributed by atoms with Gasteiger partial charge >= 0.3 is 0 Å². The Labute approximate surface area is 179 Å². The third-order valence-corrected chi connectivity index (χ3v) is 5.14. The molecule has 0 aliphatic heterocycles. The van der Waals surface area contributed by atoms with E-state index in [0.29, 0.717) is 25.5 Å². The highest BCUT2D eigenvalue weighted by Gasteiger charge is 2.16. The van der Waals surface area contributed by atoms with E-state index in [1.54, 1.807) is 0 Å². The quantitative estimate of drug-likeness (QED) is 0.566. The second kappa shape index (κ2) is 10.1. The molecule has 0 atom stereocenters. The van der Waals surface area contributed by atoms with E-state index in [0.717, 1.165) is 40.4 Å². The lowest BCUT2D eigenvalue weighted by atomic mass is 10.1. The summed E-state index contributed by atoms with van der Waals surface area (Å²) in [5.41, 5.74) is 5.16. The van der Waals surface area contributed by atoms with E-state index in [2.05, 4.69) is 24.3 Å². The number of hydrogen-bond donors (Lipinski definition) is 1. The maximum Gasteiger partial charge on any atom is 0.224 e. The third-order valence-electron chi connectivity index (χ3n) is 5.14. The smallest absolute Gasteiger partial charge is 0.224 e. The number of nitrogens with one attached hydrogen (secondary N) is 1. The van der Waals surface area contributed by atoms with Gasteiger partial charge in [0.25, 0.3) is 0 Å². The minimum absolute atomic E-state index is 0.00378. The largest absolute Gasteiger partial charge is 0.489 e. The summed E-state index contributed by atoms with van der Waals surface area (Å²) in [4.78, 5) is 12.6. The van der Waals surface area contributed by atoms with Crippen LogP contribution in [0.3, 0.4) is 0 Å². The topological polar surface area (TPSA) is 56.2 Å². The molecule has 0 aliphatic carbocycles. The fraction of sp³-hybridized carbons (Fsp3) is 0.360. The highest BCUT2D eigenvalue weighted by molar-refractivity contribution is 5.79. The van der Waals surface area contributed by atoms with Crippen molar-refractivity contribution in [2.75, 3.05) is 0 Å². The number of hydrogen-bond acceptors (Lipinski definition) is 3. The van der Waals surface area contributed by atoms with Gasteiger partial charge in [0.05, 0.1) is 12.1 Å². The van der Waals surface area contributed by atoms with Crippen molar-refractivity contribution in [1.29, 1.82) is 0 Å². The molecular weight excluding hydrogens is 374 g/mol. The van der Waals surface area contributed by atoms with Gasteiger partial charge in [0.2, 0.25) is 5.91 Å². The van der Waals surface area contributed by atoms with E-state index in [1.165, 1.54) is 0 Å². The molecule has 0 saturated carbocycles. The molecule has 0 bridgehead atoms. The lowest BCUT2D eigenvalue weighted by molar-refractivity contribution is -0.120. The summed E-state index contributed by atoms with van der Waals surface area (Å²) in [6.45, 7) is 10.2. The van der Waals surface area contributed by atoms with Gasteiger partial charge in [-0.1, -0.05) is 56.3 Å². The fourth-order valence-electron chi connectivity index (χ4n) is 3.48. The zero-order valence-corrected chi connectivity index (χ0v) is 18.3. The Balaban J connectivity index is 1.60. The Hall–Kier alpha value is -3.08. The van der Waals surface area contributed by atoms with E-state index in [1.807, 2.05) is 73.1 Å². The van der Waals surface area contributed by atoms with Crippen LogP contribution in [-0.4, -0.2) is 15.7 Å². The fourth-order valence-corrected chi connectivity index (χ4v) is 3.48. The molecule has 0 saturated heterocycles. The number of ether oxygens (including phenoxy) is 1. The minimum Gasteiger partial charge on any atom is -0.489 e. The van der Waals surface area contributed by atoms with Crippen LogP contribution in [0.4, 0.5) is 0 Å². The predicted octanol–water partition coefficient (Wildman–Crippen LogP) is 4.59. The Bertz CT molecular complexity index is 977. The zero-order chi connectivity index (χ0) is 21.5.